The van der Waals surface area contributed by atoms with Gasteiger partial charge >= 0.3 is 0 Å². The van der Waals surface area contributed by atoms with Crippen molar-refractivity contribution in [1.29, 1.82) is 0 Å². The Labute approximate surface area is 142 Å². The van der Waals surface area contributed by atoms with E-state index in [1.165, 1.54) is 0 Å². The van der Waals surface area contributed by atoms with Gasteiger partial charge in [-0.25, -0.2) is 4.98 Å². The number of hydrogen-bond acceptors (Lipinski definition) is 4. The predicted octanol–water partition coefficient (Wildman–Crippen LogP) is 1.91. The molecule has 0 aliphatic carbocycles. The van der Waals surface area contributed by atoms with Gasteiger partial charge in [-0.3, -0.25) is 4.79 Å². The Morgan fingerprint density at radius 1 is 1.50 bits per heavy atom. The summed E-state index contributed by atoms with van der Waals surface area (Å²) in [6.45, 7) is 3.74. The molecule has 0 spiro atoms. The number of ether oxygens (including phenoxy) is 2. The zero-order valence-electron chi connectivity index (χ0n) is 14.4. The molecule has 1 aliphatic rings. The van der Waals surface area contributed by atoms with Crippen molar-refractivity contribution in [2.75, 3.05) is 27.3 Å². The van der Waals surface area contributed by atoms with E-state index in [0.717, 1.165) is 29.4 Å². The number of aryl methyl sites for hydroxylation is 1. The van der Waals surface area contributed by atoms with E-state index in [1.54, 1.807) is 18.2 Å². The molecule has 2 aromatic rings. The number of nitrogens with zero attached hydrogens (tertiary/aromatic N) is 3. The molecule has 128 valence electrons. The fourth-order valence-electron chi connectivity index (χ4n) is 3.03. The number of carbonyl (C=O) groups excluding carboxylic acids is 1. The Bertz CT molecular complexity index is 726. The third-order valence-corrected chi connectivity index (χ3v) is 4.50. The van der Waals surface area contributed by atoms with Crippen LogP contribution in [0.5, 0.6) is 11.5 Å². The highest BCUT2D eigenvalue weighted by Gasteiger charge is 2.29. The molecule has 2 heterocycles. The third kappa shape index (κ3) is 3.22. The molecule has 0 unspecified atom stereocenters. The van der Waals surface area contributed by atoms with Crippen LogP contribution < -0.4 is 9.47 Å². The summed E-state index contributed by atoms with van der Waals surface area (Å²) in [6, 6.07) is 5.80. The molecule has 1 atom stereocenters. The van der Waals surface area contributed by atoms with Gasteiger partial charge in [0.1, 0.15) is 12.4 Å². The predicted molar refractivity (Wildman–Crippen MR) is 90.3 cm³/mol. The summed E-state index contributed by atoms with van der Waals surface area (Å²) in [5.41, 5.74) is 1.03. The van der Waals surface area contributed by atoms with Gasteiger partial charge in [-0.05, 0) is 25.0 Å². The minimum atomic E-state index is -0.154. The molecule has 0 radical (unpaired) electrons. The summed E-state index contributed by atoms with van der Waals surface area (Å²) in [6.07, 6.45) is 4.39. The smallest absolute Gasteiger partial charge is 0.229 e. The molecule has 0 saturated carbocycles. The van der Waals surface area contributed by atoms with Gasteiger partial charge in [-0.1, -0.05) is 12.1 Å². The SMILES string of the molecule is COc1cccc2c1OC[C@@H](C(=O)N(C)CCn1ccnc1C)C2. The lowest BCUT2D eigenvalue weighted by atomic mass is 9.95. The van der Waals surface area contributed by atoms with Crippen molar-refractivity contribution < 1.29 is 14.3 Å². The van der Waals surface area contributed by atoms with Gasteiger partial charge < -0.3 is 18.9 Å². The lowest BCUT2D eigenvalue weighted by Gasteiger charge is -2.29. The molecule has 0 saturated heterocycles. The topological polar surface area (TPSA) is 56.6 Å². The fourth-order valence-corrected chi connectivity index (χ4v) is 3.03. The average molecular weight is 329 g/mol. The number of imidazole rings is 1. The van der Waals surface area contributed by atoms with Crippen LogP contribution in [-0.2, 0) is 17.8 Å². The van der Waals surface area contributed by atoms with Gasteiger partial charge in [0.25, 0.3) is 0 Å². The maximum Gasteiger partial charge on any atom is 0.229 e. The van der Waals surface area contributed by atoms with E-state index < -0.39 is 0 Å². The van der Waals surface area contributed by atoms with Gasteiger partial charge in [0, 0.05) is 32.5 Å². The highest BCUT2D eigenvalue weighted by atomic mass is 16.5. The molecule has 1 aromatic heterocycles. The van der Waals surface area contributed by atoms with Crippen LogP contribution in [0.2, 0.25) is 0 Å². The van der Waals surface area contributed by atoms with Gasteiger partial charge in [0.2, 0.25) is 5.91 Å². The Morgan fingerprint density at radius 3 is 3.04 bits per heavy atom. The molecule has 0 bridgehead atoms. The first-order valence-electron chi connectivity index (χ1n) is 8.11. The Hall–Kier alpha value is -2.50. The average Bonchev–Trinajstić information content (AvgIpc) is 3.02. The van der Waals surface area contributed by atoms with E-state index in [-0.39, 0.29) is 11.8 Å². The summed E-state index contributed by atoms with van der Waals surface area (Å²) in [4.78, 5) is 18.7. The van der Waals surface area contributed by atoms with Crippen LogP contribution in [0.4, 0.5) is 0 Å². The number of benzene rings is 1. The lowest BCUT2D eigenvalue weighted by molar-refractivity contribution is -0.135. The van der Waals surface area contributed by atoms with Crippen LogP contribution in [0, 0.1) is 12.8 Å². The second kappa shape index (κ2) is 6.95. The quantitative estimate of drug-likeness (QED) is 0.841. The Morgan fingerprint density at radius 2 is 2.33 bits per heavy atom. The van der Waals surface area contributed by atoms with E-state index in [1.807, 2.05) is 42.9 Å². The number of likely N-dealkylation sites (N-methyl/N-ethyl adjacent to an activating group) is 1. The van der Waals surface area contributed by atoms with Gasteiger partial charge in [0.05, 0.1) is 13.0 Å². The van der Waals surface area contributed by atoms with Gasteiger partial charge in [-0.15, -0.1) is 0 Å². The van der Waals surface area contributed by atoms with E-state index in [4.69, 9.17) is 9.47 Å². The van der Waals surface area contributed by atoms with Crippen LogP contribution in [0.15, 0.2) is 30.6 Å². The number of carbonyl (C=O) groups is 1. The molecule has 6 nitrogen and oxygen atoms in total. The number of fused-ring (bicyclic) bond motifs is 1. The molecular weight excluding hydrogens is 306 g/mol. The highest BCUT2D eigenvalue weighted by Crippen LogP contribution is 2.36. The number of aromatic nitrogens is 2. The van der Waals surface area contributed by atoms with Crippen LogP contribution in [0.1, 0.15) is 11.4 Å². The normalized spacial score (nSPS) is 16.2. The summed E-state index contributed by atoms with van der Waals surface area (Å²) in [5, 5.41) is 0. The summed E-state index contributed by atoms with van der Waals surface area (Å²) < 4.78 is 13.2. The van der Waals surface area contributed by atoms with Gasteiger partial charge in [-0.2, -0.15) is 0 Å². The fraction of sp³-hybridized carbons (Fsp3) is 0.444. The summed E-state index contributed by atoms with van der Waals surface area (Å²) in [5.74, 6) is 2.40. The number of hydrogen-bond donors (Lipinski definition) is 0. The minimum absolute atomic E-state index is 0.112. The van der Waals surface area contributed by atoms with Crippen LogP contribution in [-0.4, -0.2) is 47.7 Å². The number of para-hydroxylation sites is 1. The van der Waals surface area contributed by atoms with Crippen LogP contribution in [0.25, 0.3) is 0 Å². The molecule has 24 heavy (non-hydrogen) atoms. The Kier molecular flexibility index (Phi) is 4.74. The van der Waals surface area contributed by atoms with Crippen molar-refractivity contribution in [2.45, 2.75) is 19.9 Å². The van der Waals surface area contributed by atoms with Crippen molar-refractivity contribution in [3.63, 3.8) is 0 Å². The second-order valence-corrected chi connectivity index (χ2v) is 6.09. The molecule has 0 N–H and O–H groups in total. The van der Waals surface area contributed by atoms with E-state index >= 15 is 0 Å². The summed E-state index contributed by atoms with van der Waals surface area (Å²) >= 11 is 0. The van der Waals surface area contributed by atoms with E-state index in [2.05, 4.69) is 4.98 Å². The maximum atomic E-state index is 12.7. The first-order chi connectivity index (χ1) is 11.6. The molecular formula is C18H23N3O3. The second-order valence-electron chi connectivity index (χ2n) is 6.09. The first kappa shape index (κ1) is 16.4. The van der Waals surface area contributed by atoms with E-state index in [0.29, 0.717) is 19.6 Å². The third-order valence-electron chi connectivity index (χ3n) is 4.50. The van der Waals surface area contributed by atoms with Crippen molar-refractivity contribution in [2.24, 2.45) is 5.92 Å². The molecule has 6 heteroatoms. The van der Waals surface area contributed by atoms with E-state index in [9.17, 15) is 4.79 Å². The zero-order valence-corrected chi connectivity index (χ0v) is 14.4. The number of amides is 1. The molecule has 1 aromatic carbocycles. The number of methoxy groups -OCH3 is 1. The van der Waals surface area contributed by atoms with Crippen LogP contribution >= 0.6 is 0 Å². The largest absolute Gasteiger partial charge is 0.493 e. The monoisotopic (exact) mass is 329 g/mol. The van der Waals surface area contributed by atoms with Crippen molar-refractivity contribution in [3.8, 4) is 11.5 Å². The molecule has 1 amide bonds. The highest BCUT2D eigenvalue weighted by molar-refractivity contribution is 5.79. The van der Waals surface area contributed by atoms with Crippen molar-refractivity contribution >= 4 is 5.91 Å². The van der Waals surface area contributed by atoms with Gasteiger partial charge in [0.15, 0.2) is 11.5 Å². The first-order valence-corrected chi connectivity index (χ1v) is 8.11. The van der Waals surface area contributed by atoms with Crippen molar-refractivity contribution in [1.82, 2.24) is 14.5 Å². The lowest BCUT2D eigenvalue weighted by Crippen LogP contribution is -2.40. The summed E-state index contributed by atoms with van der Waals surface area (Å²) in [7, 11) is 3.47. The minimum Gasteiger partial charge on any atom is -0.493 e. The zero-order chi connectivity index (χ0) is 17.1. The van der Waals surface area contributed by atoms with Crippen LogP contribution in [0.3, 0.4) is 0 Å². The number of rotatable bonds is 5. The standard InChI is InChI=1S/C18H23N3O3/c1-13-19-7-8-21(13)10-9-20(2)18(22)15-11-14-5-4-6-16(23-3)17(14)24-12-15/h4-8,15H,9-12H2,1-3H3/t15-/m0/s1. The molecule has 3 rings (SSSR count). The Balaban J connectivity index is 1.62. The maximum absolute atomic E-state index is 12.7. The molecule has 0 fully saturated rings. The molecule has 1 aliphatic heterocycles. The van der Waals surface area contributed by atoms with Crippen molar-refractivity contribution in [3.05, 3.63) is 42.0 Å².